The van der Waals surface area contributed by atoms with E-state index < -0.39 is 5.97 Å². The lowest BCUT2D eigenvalue weighted by atomic mass is 10.2. The Morgan fingerprint density at radius 3 is 2.47 bits per heavy atom. The number of hydrogen-bond acceptors (Lipinski definition) is 4. The maximum absolute atomic E-state index is 11.5. The van der Waals surface area contributed by atoms with E-state index >= 15 is 0 Å². The summed E-state index contributed by atoms with van der Waals surface area (Å²) >= 11 is 0. The maximum Gasteiger partial charge on any atom is 0.325 e. The number of esters is 1. The summed E-state index contributed by atoms with van der Waals surface area (Å²) in [4.78, 5) is 23.9. The normalized spacial score (nSPS) is 9.80. The molecule has 88 valence electrons. The van der Waals surface area contributed by atoms with Crippen molar-refractivity contribution in [2.75, 3.05) is 26.8 Å². The Hall–Kier alpha value is -1.10. The first kappa shape index (κ1) is 13.9. The highest BCUT2D eigenvalue weighted by Crippen LogP contribution is 2.00. The first-order chi connectivity index (χ1) is 7.15. The molecule has 0 aliphatic heterocycles. The molecule has 0 saturated heterocycles. The van der Waals surface area contributed by atoms with Crippen LogP contribution in [0.3, 0.4) is 0 Å². The van der Waals surface area contributed by atoms with E-state index in [1.807, 2.05) is 6.92 Å². The van der Waals surface area contributed by atoms with Crippen molar-refractivity contribution in [3.05, 3.63) is 0 Å². The highest BCUT2D eigenvalue weighted by Gasteiger charge is 2.14. The van der Waals surface area contributed by atoms with Crippen molar-refractivity contribution in [1.29, 1.82) is 0 Å². The summed E-state index contributed by atoms with van der Waals surface area (Å²) in [6, 6.07) is 0. The van der Waals surface area contributed by atoms with Crippen molar-refractivity contribution in [2.24, 2.45) is 0 Å². The SMILES string of the molecule is CCN(CC(=O)OC)C(=O)CCCCO. The summed E-state index contributed by atoms with van der Waals surface area (Å²) in [5.74, 6) is -0.483. The zero-order chi connectivity index (χ0) is 11.7. The van der Waals surface area contributed by atoms with Crippen molar-refractivity contribution in [3.63, 3.8) is 0 Å². The first-order valence-corrected chi connectivity index (χ1v) is 5.11. The van der Waals surface area contributed by atoms with Crippen LogP contribution in [0.25, 0.3) is 0 Å². The zero-order valence-electron chi connectivity index (χ0n) is 9.36. The molecule has 0 rings (SSSR count). The van der Waals surface area contributed by atoms with Gasteiger partial charge in [0.15, 0.2) is 0 Å². The predicted octanol–water partition coefficient (Wildman–Crippen LogP) is 0.170. The second kappa shape index (κ2) is 8.23. The molecule has 5 nitrogen and oxygen atoms in total. The number of ether oxygens (including phenoxy) is 1. The van der Waals surface area contributed by atoms with Gasteiger partial charge in [0.25, 0.3) is 0 Å². The average molecular weight is 217 g/mol. The number of hydrogen-bond donors (Lipinski definition) is 1. The van der Waals surface area contributed by atoms with Crippen LogP contribution < -0.4 is 0 Å². The van der Waals surface area contributed by atoms with E-state index in [4.69, 9.17) is 5.11 Å². The fraction of sp³-hybridized carbons (Fsp3) is 0.800. The van der Waals surface area contributed by atoms with Crippen molar-refractivity contribution < 1.29 is 19.4 Å². The van der Waals surface area contributed by atoms with Gasteiger partial charge in [-0.05, 0) is 19.8 Å². The Labute approximate surface area is 90.0 Å². The van der Waals surface area contributed by atoms with Crippen molar-refractivity contribution in [3.8, 4) is 0 Å². The molecule has 0 unspecified atom stereocenters. The van der Waals surface area contributed by atoms with Gasteiger partial charge in [0.05, 0.1) is 7.11 Å². The molecule has 0 radical (unpaired) electrons. The van der Waals surface area contributed by atoms with Crippen LogP contribution in [0.5, 0.6) is 0 Å². The Kier molecular flexibility index (Phi) is 7.62. The summed E-state index contributed by atoms with van der Waals surface area (Å²) in [5, 5.41) is 8.56. The lowest BCUT2D eigenvalue weighted by Gasteiger charge is -2.19. The number of aliphatic hydroxyl groups excluding tert-OH is 1. The molecule has 0 aliphatic rings. The lowest BCUT2D eigenvalue weighted by Crippen LogP contribution is -2.35. The van der Waals surface area contributed by atoms with Crippen LogP contribution in [0.1, 0.15) is 26.2 Å². The molecule has 0 heterocycles. The number of rotatable bonds is 7. The van der Waals surface area contributed by atoms with Crippen molar-refractivity contribution in [2.45, 2.75) is 26.2 Å². The van der Waals surface area contributed by atoms with Gasteiger partial charge in [-0.2, -0.15) is 0 Å². The van der Waals surface area contributed by atoms with Crippen LogP contribution in [0.15, 0.2) is 0 Å². The van der Waals surface area contributed by atoms with E-state index in [2.05, 4.69) is 4.74 Å². The second-order valence-corrected chi connectivity index (χ2v) is 3.16. The number of amides is 1. The molecule has 0 aromatic carbocycles. The number of carbonyl (C=O) groups is 2. The zero-order valence-corrected chi connectivity index (χ0v) is 9.36. The topological polar surface area (TPSA) is 66.8 Å². The van der Waals surface area contributed by atoms with Gasteiger partial charge in [-0.25, -0.2) is 0 Å². The van der Waals surface area contributed by atoms with Crippen LogP contribution in [-0.4, -0.2) is 48.7 Å². The number of unbranched alkanes of at least 4 members (excludes halogenated alkanes) is 1. The van der Waals surface area contributed by atoms with E-state index in [0.717, 1.165) is 0 Å². The second-order valence-electron chi connectivity index (χ2n) is 3.16. The third kappa shape index (κ3) is 6.06. The van der Waals surface area contributed by atoms with Gasteiger partial charge in [0, 0.05) is 19.6 Å². The molecule has 0 fully saturated rings. The Morgan fingerprint density at radius 1 is 1.33 bits per heavy atom. The highest BCUT2D eigenvalue weighted by atomic mass is 16.5. The number of carbonyl (C=O) groups excluding carboxylic acids is 2. The molecule has 0 saturated carbocycles. The third-order valence-electron chi connectivity index (χ3n) is 2.08. The van der Waals surface area contributed by atoms with Crippen LogP contribution in [0, 0.1) is 0 Å². The quantitative estimate of drug-likeness (QED) is 0.487. The number of nitrogens with zero attached hydrogens (tertiary/aromatic N) is 1. The summed E-state index contributed by atoms with van der Waals surface area (Å²) in [7, 11) is 1.30. The molecule has 0 bridgehead atoms. The molecule has 0 aromatic rings. The summed E-state index contributed by atoms with van der Waals surface area (Å²) in [5.41, 5.74) is 0. The highest BCUT2D eigenvalue weighted by molar-refractivity contribution is 5.81. The Bertz CT molecular complexity index is 206. The molecule has 5 heteroatoms. The maximum atomic E-state index is 11.5. The smallest absolute Gasteiger partial charge is 0.325 e. The van der Waals surface area contributed by atoms with Crippen LogP contribution in [0.2, 0.25) is 0 Å². The third-order valence-corrected chi connectivity index (χ3v) is 2.08. The molecule has 15 heavy (non-hydrogen) atoms. The molecule has 0 aromatic heterocycles. The minimum atomic E-state index is -0.410. The summed E-state index contributed by atoms with van der Waals surface area (Å²) < 4.78 is 4.49. The molecule has 0 atom stereocenters. The fourth-order valence-electron chi connectivity index (χ4n) is 1.14. The Morgan fingerprint density at radius 2 is 2.00 bits per heavy atom. The molecule has 0 spiro atoms. The average Bonchev–Trinajstić information content (AvgIpc) is 2.25. The largest absolute Gasteiger partial charge is 0.468 e. The van der Waals surface area contributed by atoms with Gasteiger partial charge in [-0.1, -0.05) is 0 Å². The molecular weight excluding hydrogens is 198 g/mol. The lowest BCUT2D eigenvalue weighted by molar-refractivity contribution is -0.146. The van der Waals surface area contributed by atoms with Gasteiger partial charge >= 0.3 is 5.97 Å². The summed E-state index contributed by atoms with van der Waals surface area (Å²) in [6.07, 6.45) is 1.62. The molecule has 1 amide bonds. The number of likely N-dealkylation sites (N-methyl/N-ethyl adjacent to an activating group) is 1. The van der Waals surface area contributed by atoms with Gasteiger partial charge in [-0.15, -0.1) is 0 Å². The van der Waals surface area contributed by atoms with Gasteiger partial charge < -0.3 is 14.7 Å². The molecule has 0 aliphatic carbocycles. The number of aliphatic hydroxyl groups is 1. The summed E-state index contributed by atoms with van der Waals surface area (Å²) in [6.45, 7) is 2.40. The van der Waals surface area contributed by atoms with Crippen molar-refractivity contribution >= 4 is 11.9 Å². The molecular formula is C10H19NO4. The fourth-order valence-corrected chi connectivity index (χ4v) is 1.14. The monoisotopic (exact) mass is 217 g/mol. The van der Waals surface area contributed by atoms with E-state index in [9.17, 15) is 9.59 Å². The minimum absolute atomic E-state index is 0.00492. The van der Waals surface area contributed by atoms with E-state index in [1.54, 1.807) is 0 Å². The van der Waals surface area contributed by atoms with E-state index in [-0.39, 0.29) is 19.1 Å². The van der Waals surface area contributed by atoms with Gasteiger partial charge in [0.2, 0.25) is 5.91 Å². The minimum Gasteiger partial charge on any atom is -0.468 e. The van der Waals surface area contributed by atoms with E-state index in [1.165, 1.54) is 12.0 Å². The van der Waals surface area contributed by atoms with Crippen molar-refractivity contribution in [1.82, 2.24) is 4.90 Å². The van der Waals surface area contributed by atoms with Gasteiger partial charge in [0.1, 0.15) is 6.54 Å². The van der Waals surface area contributed by atoms with Crippen LogP contribution >= 0.6 is 0 Å². The molecule has 1 N–H and O–H groups in total. The standard InChI is InChI=1S/C10H19NO4/c1-3-11(8-10(14)15-2)9(13)6-4-5-7-12/h12H,3-8H2,1-2H3. The predicted molar refractivity (Wildman–Crippen MR) is 55.2 cm³/mol. The Balaban J connectivity index is 3.93. The number of methoxy groups -OCH3 is 1. The first-order valence-electron chi connectivity index (χ1n) is 5.11. The van der Waals surface area contributed by atoms with Crippen LogP contribution in [-0.2, 0) is 14.3 Å². The van der Waals surface area contributed by atoms with E-state index in [0.29, 0.717) is 25.8 Å². The van der Waals surface area contributed by atoms with Gasteiger partial charge in [-0.3, -0.25) is 9.59 Å². The van der Waals surface area contributed by atoms with Crippen LogP contribution in [0.4, 0.5) is 0 Å².